The van der Waals surface area contributed by atoms with Crippen molar-refractivity contribution in [1.29, 1.82) is 0 Å². The lowest BCUT2D eigenvalue weighted by Crippen LogP contribution is -2.31. The molecule has 1 unspecified atom stereocenters. The van der Waals surface area contributed by atoms with Gasteiger partial charge in [-0.25, -0.2) is 13.4 Å². The maximum Gasteiger partial charge on any atom is 0.245 e. The lowest BCUT2D eigenvalue weighted by atomic mass is 10.2. The van der Waals surface area contributed by atoms with Gasteiger partial charge in [0.25, 0.3) is 0 Å². The molecule has 3 heterocycles. The van der Waals surface area contributed by atoms with E-state index in [9.17, 15) is 8.42 Å². The van der Waals surface area contributed by atoms with Crippen LogP contribution in [0.15, 0.2) is 59.6 Å². The molecule has 1 saturated heterocycles. The summed E-state index contributed by atoms with van der Waals surface area (Å²) in [4.78, 5) is 8.84. The second kappa shape index (κ2) is 6.66. The maximum atomic E-state index is 13.2. The summed E-state index contributed by atoms with van der Waals surface area (Å²) >= 11 is 0. The predicted molar refractivity (Wildman–Crippen MR) is 98.5 cm³/mol. The zero-order valence-electron chi connectivity index (χ0n) is 14.4. The molecule has 1 atom stereocenters. The van der Waals surface area contributed by atoms with Gasteiger partial charge in [0.05, 0.1) is 12.1 Å². The summed E-state index contributed by atoms with van der Waals surface area (Å²) in [7, 11) is -3.64. The molecular weight excluding hydrogens is 350 g/mol. The number of para-hydroxylation sites is 1. The SMILES string of the molecule is Cc1ccc2cccc(S(=O)(=O)N3CCC(Oc4ccccn4)C3)c2n1. The van der Waals surface area contributed by atoms with Crippen molar-refractivity contribution in [3.63, 3.8) is 0 Å². The first-order chi connectivity index (χ1) is 12.5. The maximum absolute atomic E-state index is 13.2. The molecule has 1 aliphatic rings. The molecule has 0 amide bonds. The standard InChI is InChI=1S/C19H19N3O3S/c1-14-8-9-15-5-4-6-17(19(15)21-14)26(23,24)22-12-10-16(13-22)25-18-7-2-3-11-20-18/h2-9,11,16H,10,12-13H2,1H3. The van der Waals surface area contributed by atoms with Gasteiger partial charge in [-0.2, -0.15) is 4.31 Å². The third kappa shape index (κ3) is 3.15. The quantitative estimate of drug-likeness (QED) is 0.707. The molecule has 2 aromatic heterocycles. The molecular formula is C19H19N3O3S. The van der Waals surface area contributed by atoms with Crippen LogP contribution in [0.2, 0.25) is 0 Å². The number of aryl methyl sites for hydroxylation is 1. The van der Waals surface area contributed by atoms with Crippen LogP contribution in [0, 0.1) is 6.92 Å². The van der Waals surface area contributed by atoms with E-state index in [1.165, 1.54) is 4.31 Å². The van der Waals surface area contributed by atoms with Crippen molar-refractivity contribution in [2.75, 3.05) is 13.1 Å². The minimum Gasteiger partial charge on any atom is -0.473 e. The van der Waals surface area contributed by atoms with Crippen molar-refractivity contribution in [2.45, 2.75) is 24.3 Å². The molecule has 4 rings (SSSR count). The van der Waals surface area contributed by atoms with E-state index in [-0.39, 0.29) is 11.0 Å². The number of pyridine rings is 2. The molecule has 26 heavy (non-hydrogen) atoms. The van der Waals surface area contributed by atoms with E-state index < -0.39 is 10.0 Å². The van der Waals surface area contributed by atoms with Gasteiger partial charge in [-0.05, 0) is 31.5 Å². The number of benzene rings is 1. The first kappa shape index (κ1) is 16.9. The van der Waals surface area contributed by atoms with E-state index in [2.05, 4.69) is 9.97 Å². The van der Waals surface area contributed by atoms with Crippen molar-refractivity contribution >= 4 is 20.9 Å². The third-order valence-electron chi connectivity index (χ3n) is 4.47. The number of sulfonamides is 1. The largest absolute Gasteiger partial charge is 0.473 e. The lowest BCUT2D eigenvalue weighted by molar-refractivity contribution is 0.207. The summed E-state index contributed by atoms with van der Waals surface area (Å²) in [5.41, 5.74) is 1.31. The summed E-state index contributed by atoms with van der Waals surface area (Å²) in [5.74, 6) is 0.513. The van der Waals surface area contributed by atoms with E-state index in [0.717, 1.165) is 11.1 Å². The fourth-order valence-corrected chi connectivity index (χ4v) is 4.81. The summed E-state index contributed by atoms with van der Waals surface area (Å²) < 4.78 is 33.6. The van der Waals surface area contributed by atoms with E-state index in [1.807, 2.05) is 37.3 Å². The number of nitrogens with zero attached hydrogens (tertiary/aromatic N) is 3. The Hall–Kier alpha value is -2.51. The Bertz CT molecular complexity index is 1040. The molecule has 6 nitrogen and oxygen atoms in total. The Morgan fingerprint density at radius 3 is 2.81 bits per heavy atom. The lowest BCUT2D eigenvalue weighted by Gasteiger charge is -2.18. The number of hydrogen-bond donors (Lipinski definition) is 0. The minimum atomic E-state index is -3.64. The van der Waals surface area contributed by atoms with Gasteiger partial charge < -0.3 is 4.74 Å². The van der Waals surface area contributed by atoms with Crippen LogP contribution in [-0.2, 0) is 10.0 Å². The Morgan fingerprint density at radius 2 is 2.00 bits per heavy atom. The molecule has 0 aliphatic carbocycles. The highest BCUT2D eigenvalue weighted by molar-refractivity contribution is 7.89. The molecule has 1 fully saturated rings. The zero-order valence-corrected chi connectivity index (χ0v) is 15.2. The van der Waals surface area contributed by atoms with Gasteiger partial charge in [-0.3, -0.25) is 4.98 Å². The van der Waals surface area contributed by atoms with Gasteiger partial charge in [-0.15, -0.1) is 0 Å². The topological polar surface area (TPSA) is 72.4 Å². The van der Waals surface area contributed by atoms with Crippen LogP contribution in [-0.4, -0.2) is 41.9 Å². The van der Waals surface area contributed by atoms with Crippen molar-refractivity contribution in [2.24, 2.45) is 0 Å². The molecule has 0 bridgehead atoms. The summed E-state index contributed by atoms with van der Waals surface area (Å²) in [5, 5.41) is 0.817. The zero-order chi connectivity index (χ0) is 18.1. The van der Waals surface area contributed by atoms with Crippen molar-refractivity contribution in [3.8, 4) is 5.88 Å². The van der Waals surface area contributed by atoms with Gasteiger partial charge in [-0.1, -0.05) is 24.3 Å². The van der Waals surface area contributed by atoms with Gasteiger partial charge >= 0.3 is 0 Å². The fourth-order valence-electron chi connectivity index (χ4n) is 3.16. The molecule has 0 saturated carbocycles. The van der Waals surface area contributed by atoms with Gasteiger partial charge in [0.2, 0.25) is 15.9 Å². The van der Waals surface area contributed by atoms with Crippen LogP contribution in [0.3, 0.4) is 0 Å². The average Bonchev–Trinajstić information content (AvgIpc) is 3.11. The second-order valence-corrected chi connectivity index (χ2v) is 8.25. The Morgan fingerprint density at radius 1 is 1.12 bits per heavy atom. The van der Waals surface area contributed by atoms with E-state index in [4.69, 9.17) is 4.74 Å². The predicted octanol–water partition coefficient (Wildman–Crippen LogP) is 2.78. The molecule has 1 aromatic carbocycles. The molecule has 0 spiro atoms. The number of fused-ring (bicyclic) bond motifs is 1. The highest BCUT2D eigenvalue weighted by atomic mass is 32.2. The van der Waals surface area contributed by atoms with Gasteiger partial charge in [0, 0.05) is 29.9 Å². The molecule has 7 heteroatoms. The number of rotatable bonds is 4. The number of ether oxygens (including phenoxy) is 1. The molecule has 134 valence electrons. The summed E-state index contributed by atoms with van der Waals surface area (Å²) in [6.07, 6.45) is 2.08. The van der Waals surface area contributed by atoms with Crippen LogP contribution in [0.25, 0.3) is 10.9 Å². The van der Waals surface area contributed by atoms with E-state index in [1.54, 1.807) is 24.4 Å². The van der Waals surface area contributed by atoms with Crippen LogP contribution >= 0.6 is 0 Å². The Labute approximate surface area is 152 Å². The van der Waals surface area contributed by atoms with Crippen molar-refractivity contribution in [3.05, 3.63) is 60.4 Å². The first-order valence-electron chi connectivity index (χ1n) is 8.48. The normalized spacial score (nSPS) is 18.3. The second-order valence-electron chi connectivity index (χ2n) is 6.34. The molecule has 1 aliphatic heterocycles. The van der Waals surface area contributed by atoms with Crippen LogP contribution in [0.5, 0.6) is 5.88 Å². The fraction of sp³-hybridized carbons (Fsp3) is 0.263. The van der Waals surface area contributed by atoms with E-state index in [0.29, 0.717) is 30.9 Å². The smallest absolute Gasteiger partial charge is 0.245 e. The molecule has 0 radical (unpaired) electrons. The van der Waals surface area contributed by atoms with Crippen molar-refractivity contribution < 1.29 is 13.2 Å². The van der Waals surface area contributed by atoms with E-state index >= 15 is 0 Å². The minimum absolute atomic E-state index is 0.204. The third-order valence-corrected chi connectivity index (χ3v) is 6.37. The van der Waals surface area contributed by atoms with Crippen LogP contribution in [0.4, 0.5) is 0 Å². The average molecular weight is 369 g/mol. The number of hydrogen-bond acceptors (Lipinski definition) is 5. The first-order valence-corrected chi connectivity index (χ1v) is 9.92. The van der Waals surface area contributed by atoms with Crippen molar-refractivity contribution in [1.82, 2.24) is 14.3 Å². The Kier molecular flexibility index (Phi) is 4.34. The summed E-state index contributed by atoms with van der Waals surface area (Å²) in [6.45, 7) is 2.58. The highest BCUT2D eigenvalue weighted by Gasteiger charge is 2.35. The molecule has 0 N–H and O–H groups in total. The van der Waals surface area contributed by atoms with Gasteiger partial charge in [0.15, 0.2) is 0 Å². The number of aromatic nitrogens is 2. The van der Waals surface area contributed by atoms with Crippen LogP contribution < -0.4 is 4.74 Å². The summed E-state index contributed by atoms with van der Waals surface area (Å²) in [6, 6.07) is 14.5. The Balaban J connectivity index is 1.61. The monoisotopic (exact) mass is 369 g/mol. The van der Waals surface area contributed by atoms with Gasteiger partial charge in [0.1, 0.15) is 11.0 Å². The highest BCUT2D eigenvalue weighted by Crippen LogP contribution is 2.28. The van der Waals surface area contributed by atoms with Crippen LogP contribution in [0.1, 0.15) is 12.1 Å². The molecule has 3 aromatic rings.